The van der Waals surface area contributed by atoms with Gasteiger partial charge in [0.15, 0.2) is 17.2 Å². The van der Waals surface area contributed by atoms with Gasteiger partial charge in [0.2, 0.25) is 0 Å². The molecule has 1 unspecified atom stereocenters. The largest absolute Gasteiger partial charge is 0.505 e. The maximum Gasteiger partial charge on any atom is 0.294 e. The first-order chi connectivity index (χ1) is 18.8. The number of hydrogen-bond acceptors (Lipinski definition) is 11. The Morgan fingerprint density at radius 3 is 1.55 bits per heavy atom. The molecule has 0 fully saturated rings. The molecule has 206 valence electrons. The van der Waals surface area contributed by atoms with Gasteiger partial charge in [0, 0.05) is 5.56 Å². The van der Waals surface area contributed by atoms with Crippen LogP contribution < -0.4 is 0 Å². The fourth-order valence-electron chi connectivity index (χ4n) is 3.44. The highest BCUT2D eigenvalue weighted by Crippen LogP contribution is 2.49. The number of nitrogens with zero attached hydrogens (tertiary/aromatic N) is 4. The molecule has 4 aromatic rings. The normalized spacial score (nSPS) is 13.2. The van der Waals surface area contributed by atoms with E-state index in [0.717, 1.165) is 24.3 Å². The molecule has 1 atom stereocenters. The number of benzene rings is 4. The molecular weight excluding hydrogens is 564 g/mol. The van der Waals surface area contributed by atoms with E-state index < -0.39 is 43.5 Å². The van der Waals surface area contributed by atoms with E-state index in [1.54, 1.807) is 30.3 Å². The van der Waals surface area contributed by atoms with Gasteiger partial charge in [-0.3, -0.25) is 9.11 Å². The van der Waals surface area contributed by atoms with Gasteiger partial charge in [0.1, 0.15) is 11.8 Å². The zero-order valence-electron chi connectivity index (χ0n) is 20.1. The Balaban J connectivity index is 1.78. The van der Waals surface area contributed by atoms with E-state index in [-0.39, 0.29) is 32.4 Å². The first-order valence-corrected chi connectivity index (χ1v) is 14.0. The lowest BCUT2D eigenvalue weighted by Crippen LogP contribution is -2.00. The van der Waals surface area contributed by atoms with Crippen molar-refractivity contribution in [2.45, 2.75) is 15.9 Å². The monoisotopic (exact) mass is 584 g/mol. The summed E-state index contributed by atoms with van der Waals surface area (Å²) in [6, 6.07) is 18.7. The average Bonchev–Trinajstić information content (AvgIpc) is 2.92. The Morgan fingerprint density at radius 2 is 1.07 bits per heavy atom. The van der Waals surface area contributed by atoms with Crippen molar-refractivity contribution in [3.05, 3.63) is 96.1 Å². The van der Waals surface area contributed by atoms with Crippen LogP contribution in [0.1, 0.15) is 17.2 Å². The van der Waals surface area contributed by atoms with Crippen molar-refractivity contribution in [2.75, 3.05) is 0 Å². The lowest BCUT2D eigenvalue weighted by atomic mass is 9.99. The van der Waals surface area contributed by atoms with E-state index in [2.05, 4.69) is 20.5 Å². The van der Waals surface area contributed by atoms with Gasteiger partial charge < -0.3 is 15.3 Å². The molecule has 0 aliphatic heterocycles. The highest BCUT2D eigenvalue weighted by Gasteiger charge is 2.23. The summed E-state index contributed by atoms with van der Waals surface area (Å²) in [6.07, 6.45) is -1.38. The molecule has 0 heterocycles. The number of aliphatic hydroxyl groups excluding tert-OH is 1. The number of rotatable bonds is 8. The zero-order chi connectivity index (χ0) is 29.1. The number of azo groups is 2. The summed E-state index contributed by atoms with van der Waals surface area (Å²) in [5.41, 5.74) is -0.181. The fourth-order valence-corrected chi connectivity index (χ4v) is 4.40. The van der Waals surface area contributed by atoms with Crippen LogP contribution in [0, 0.1) is 0 Å². The first kappa shape index (κ1) is 28.5. The van der Waals surface area contributed by atoms with Crippen molar-refractivity contribution in [1.82, 2.24) is 0 Å². The highest BCUT2D eigenvalue weighted by atomic mass is 32.2. The van der Waals surface area contributed by atoms with E-state index >= 15 is 0 Å². The summed E-state index contributed by atoms with van der Waals surface area (Å²) in [7, 11) is -8.85. The van der Waals surface area contributed by atoms with Crippen LogP contribution in [0.5, 0.6) is 11.5 Å². The molecule has 0 aliphatic carbocycles. The molecule has 4 aromatic carbocycles. The quantitative estimate of drug-likeness (QED) is 0.130. The number of phenolic OH excluding ortho intramolecular Hbond substituents is 2. The van der Waals surface area contributed by atoms with E-state index in [0.29, 0.717) is 5.56 Å². The van der Waals surface area contributed by atoms with Gasteiger partial charge >= 0.3 is 0 Å². The van der Waals surface area contributed by atoms with Crippen LogP contribution >= 0.6 is 0 Å². The molecule has 5 N–H and O–H groups in total. The van der Waals surface area contributed by atoms with Gasteiger partial charge in [-0.2, -0.15) is 27.1 Å². The minimum Gasteiger partial charge on any atom is -0.505 e. The van der Waals surface area contributed by atoms with E-state index in [4.69, 9.17) is 9.11 Å². The second-order valence-corrected chi connectivity index (χ2v) is 11.0. The van der Waals surface area contributed by atoms with Crippen LogP contribution in [0.15, 0.2) is 115 Å². The smallest absolute Gasteiger partial charge is 0.294 e. The molecule has 0 amide bonds. The second kappa shape index (κ2) is 11.3. The van der Waals surface area contributed by atoms with E-state index in [9.17, 15) is 32.2 Å². The van der Waals surface area contributed by atoms with Gasteiger partial charge in [-0.25, -0.2) is 0 Å². The van der Waals surface area contributed by atoms with Crippen molar-refractivity contribution in [3.63, 3.8) is 0 Å². The second-order valence-electron chi connectivity index (χ2n) is 8.18. The zero-order valence-corrected chi connectivity index (χ0v) is 21.8. The number of phenols is 2. The predicted octanol–water partition coefficient (Wildman–Crippen LogP) is 5.50. The fraction of sp³-hybridized carbons (Fsp3) is 0.0400. The molecule has 0 bridgehead atoms. The molecule has 0 aromatic heterocycles. The molecule has 0 aliphatic rings. The van der Waals surface area contributed by atoms with Crippen LogP contribution in [-0.2, 0) is 20.2 Å². The Kier molecular flexibility index (Phi) is 8.03. The third-order valence-corrected chi connectivity index (χ3v) is 7.21. The lowest BCUT2D eigenvalue weighted by Gasteiger charge is -2.16. The molecule has 15 heteroatoms. The first-order valence-electron chi connectivity index (χ1n) is 11.1. The van der Waals surface area contributed by atoms with Crippen LogP contribution in [0.2, 0.25) is 0 Å². The van der Waals surface area contributed by atoms with Crippen molar-refractivity contribution >= 4 is 43.0 Å². The summed E-state index contributed by atoms with van der Waals surface area (Å²) in [5.74, 6) is -1.29. The Bertz CT molecular complexity index is 1810. The number of hydrogen-bond donors (Lipinski definition) is 5. The third kappa shape index (κ3) is 6.53. The lowest BCUT2D eigenvalue weighted by molar-refractivity contribution is 0.215. The molecule has 4 rings (SSSR count). The molecular formula is C25H20N4O9S2. The van der Waals surface area contributed by atoms with Gasteiger partial charge in [0.05, 0.1) is 21.2 Å². The van der Waals surface area contributed by atoms with Gasteiger partial charge in [-0.15, -0.1) is 10.2 Å². The van der Waals surface area contributed by atoms with Crippen LogP contribution in [0.4, 0.5) is 22.7 Å². The summed E-state index contributed by atoms with van der Waals surface area (Å²) < 4.78 is 63.2. The van der Waals surface area contributed by atoms with Crippen molar-refractivity contribution in [1.29, 1.82) is 0 Å². The van der Waals surface area contributed by atoms with Crippen LogP contribution in [-0.4, -0.2) is 41.3 Å². The minimum atomic E-state index is -4.43. The summed E-state index contributed by atoms with van der Waals surface area (Å²) in [5, 5.41) is 48.3. The summed E-state index contributed by atoms with van der Waals surface area (Å²) in [6.45, 7) is 0. The molecule has 40 heavy (non-hydrogen) atoms. The Labute approximate surface area is 228 Å². The summed E-state index contributed by atoms with van der Waals surface area (Å²) in [4.78, 5) is -0.739. The maximum atomic E-state index is 11.2. The Morgan fingerprint density at radius 1 is 0.600 bits per heavy atom. The number of aliphatic hydroxyl groups is 1. The van der Waals surface area contributed by atoms with Crippen molar-refractivity contribution in [2.24, 2.45) is 20.5 Å². The topological polar surface area (TPSA) is 219 Å². The molecule has 0 saturated carbocycles. The van der Waals surface area contributed by atoms with Crippen LogP contribution in [0.3, 0.4) is 0 Å². The standard InChI is InChI=1S/C25H20N4O9S2/c30-23(15-4-2-1-3-5-15)20-14-21(28-26-16-6-10-18(11-7-16)39(33,34)35)25(32)22(24(20)31)29-27-17-8-12-19(13-9-17)40(36,37)38/h1-14,23,30-32H,(H,33,34,35)(H,36,37,38)/b28-26+,29-27+. The molecule has 0 saturated heterocycles. The maximum absolute atomic E-state index is 11.2. The third-order valence-electron chi connectivity index (χ3n) is 5.47. The van der Waals surface area contributed by atoms with Crippen LogP contribution in [0.25, 0.3) is 0 Å². The van der Waals surface area contributed by atoms with Crippen molar-refractivity contribution in [3.8, 4) is 11.5 Å². The van der Waals surface area contributed by atoms with Crippen molar-refractivity contribution < 1.29 is 41.3 Å². The minimum absolute atomic E-state index is 0.0994. The Hall–Kier alpha value is -4.54. The molecule has 13 nitrogen and oxygen atoms in total. The SMILES string of the molecule is O=S(=O)(O)c1ccc(/N=N/c2cc(C(O)c3ccccc3)c(O)c(/N=N/c3ccc(S(=O)(=O)O)cc3)c2O)cc1. The van der Waals surface area contributed by atoms with Gasteiger partial charge in [0.25, 0.3) is 20.2 Å². The average molecular weight is 585 g/mol. The predicted molar refractivity (Wildman–Crippen MR) is 141 cm³/mol. The van der Waals surface area contributed by atoms with E-state index in [1.165, 1.54) is 30.3 Å². The highest BCUT2D eigenvalue weighted by molar-refractivity contribution is 7.86. The number of aromatic hydroxyl groups is 2. The van der Waals surface area contributed by atoms with E-state index in [1.807, 2.05) is 0 Å². The van der Waals surface area contributed by atoms with Gasteiger partial charge in [-0.1, -0.05) is 30.3 Å². The van der Waals surface area contributed by atoms with Gasteiger partial charge in [-0.05, 0) is 60.2 Å². The molecule has 0 radical (unpaired) electrons. The summed E-state index contributed by atoms with van der Waals surface area (Å²) >= 11 is 0. The molecule has 0 spiro atoms.